The van der Waals surface area contributed by atoms with E-state index in [1.54, 1.807) is 31.4 Å². The average molecular weight is 312 g/mol. The Bertz CT molecular complexity index is 591. The molecule has 2 atom stereocenters. The Morgan fingerprint density at radius 2 is 1.81 bits per heavy atom. The summed E-state index contributed by atoms with van der Waals surface area (Å²) in [7, 11) is -1.45. The third-order valence-corrected chi connectivity index (χ3v) is 4.43. The Morgan fingerprint density at radius 1 is 1.19 bits per heavy atom. The monoisotopic (exact) mass is 312 g/mol. The van der Waals surface area contributed by atoms with Crippen molar-refractivity contribution >= 4 is 15.8 Å². The smallest absolute Gasteiger partial charge is 0.338 e. The molecule has 0 heterocycles. The Hall–Kier alpha value is -1.40. The van der Waals surface area contributed by atoms with E-state index in [-0.39, 0.29) is 18.0 Å². The zero-order valence-corrected chi connectivity index (χ0v) is 13.1. The highest BCUT2D eigenvalue weighted by Crippen LogP contribution is 2.25. The fourth-order valence-electron chi connectivity index (χ4n) is 2.54. The molecule has 1 fully saturated rings. The first-order chi connectivity index (χ1) is 9.89. The van der Waals surface area contributed by atoms with Gasteiger partial charge >= 0.3 is 5.97 Å². The minimum absolute atomic E-state index is 0.0292. The SMILES string of the molecule is CO[C@@H]1CCC[C@H]1OC(=O)c1ccc(CS(C)(=O)=O)cc1. The molecule has 21 heavy (non-hydrogen) atoms. The van der Waals surface area contributed by atoms with E-state index in [2.05, 4.69) is 0 Å². The van der Waals surface area contributed by atoms with Crippen LogP contribution in [0.5, 0.6) is 0 Å². The average Bonchev–Trinajstić information content (AvgIpc) is 2.85. The molecule has 1 aliphatic rings. The number of hydrogen-bond acceptors (Lipinski definition) is 5. The van der Waals surface area contributed by atoms with E-state index in [1.807, 2.05) is 0 Å². The van der Waals surface area contributed by atoms with E-state index in [0.717, 1.165) is 19.3 Å². The molecule has 0 amide bonds. The van der Waals surface area contributed by atoms with Crippen molar-refractivity contribution in [2.75, 3.05) is 13.4 Å². The molecule has 0 aromatic heterocycles. The molecule has 1 saturated carbocycles. The number of sulfone groups is 1. The molecule has 0 spiro atoms. The summed E-state index contributed by atoms with van der Waals surface area (Å²) in [6, 6.07) is 6.47. The number of esters is 1. The molecule has 0 N–H and O–H groups in total. The van der Waals surface area contributed by atoms with Crippen molar-refractivity contribution in [3.8, 4) is 0 Å². The summed E-state index contributed by atoms with van der Waals surface area (Å²) in [5.74, 6) is -0.425. The van der Waals surface area contributed by atoms with E-state index < -0.39 is 15.8 Å². The van der Waals surface area contributed by atoms with Gasteiger partial charge < -0.3 is 9.47 Å². The molecule has 1 aliphatic carbocycles. The van der Waals surface area contributed by atoms with Crippen LogP contribution in [0.1, 0.15) is 35.2 Å². The molecule has 0 saturated heterocycles. The third kappa shape index (κ3) is 4.54. The maximum Gasteiger partial charge on any atom is 0.338 e. The minimum Gasteiger partial charge on any atom is -0.456 e. The molecule has 0 radical (unpaired) electrons. The zero-order chi connectivity index (χ0) is 15.5. The minimum atomic E-state index is -3.07. The Kier molecular flexibility index (Phi) is 5.00. The summed E-state index contributed by atoms with van der Waals surface area (Å²) < 4.78 is 33.2. The highest BCUT2D eigenvalue weighted by Gasteiger charge is 2.30. The normalized spacial score (nSPS) is 22.2. The van der Waals surface area contributed by atoms with Gasteiger partial charge in [0.2, 0.25) is 0 Å². The first-order valence-corrected chi connectivity index (χ1v) is 8.95. The highest BCUT2D eigenvalue weighted by atomic mass is 32.2. The molecule has 116 valence electrons. The predicted molar refractivity (Wildman–Crippen MR) is 78.8 cm³/mol. The fourth-order valence-corrected chi connectivity index (χ4v) is 3.34. The lowest BCUT2D eigenvalue weighted by Gasteiger charge is -2.18. The maximum absolute atomic E-state index is 12.1. The quantitative estimate of drug-likeness (QED) is 0.777. The summed E-state index contributed by atoms with van der Waals surface area (Å²) in [4.78, 5) is 12.1. The van der Waals surface area contributed by atoms with Crippen LogP contribution in [0.25, 0.3) is 0 Å². The van der Waals surface area contributed by atoms with Gasteiger partial charge in [-0.25, -0.2) is 13.2 Å². The molecule has 0 bridgehead atoms. The van der Waals surface area contributed by atoms with Gasteiger partial charge in [-0.2, -0.15) is 0 Å². The van der Waals surface area contributed by atoms with Crippen LogP contribution in [0.4, 0.5) is 0 Å². The Labute approximate surface area is 125 Å². The molecule has 5 nitrogen and oxygen atoms in total. The van der Waals surface area contributed by atoms with E-state index in [4.69, 9.17) is 9.47 Å². The predicted octanol–water partition coefficient (Wildman–Crippen LogP) is 1.96. The van der Waals surface area contributed by atoms with Crippen LogP contribution < -0.4 is 0 Å². The maximum atomic E-state index is 12.1. The number of carbonyl (C=O) groups is 1. The Balaban J connectivity index is 2.00. The summed E-state index contributed by atoms with van der Waals surface area (Å²) >= 11 is 0. The van der Waals surface area contributed by atoms with Crippen LogP contribution >= 0.6 is 0 Å². The van der Waals surface area contributed by atoms with Crippen LogP contribution in [0, 0.1) is 0 Å². The zero-order valence-electron chi connectivity index (χ0n) is 12.2. The lowest BCUT2D eigenvalue weighted by atomic mass is 10.1. The second-order valence-corrected chi connectivity index (χ2v) is 7.56. The molecule has 1 aromatic rings. The van der Waals surface area contributed by atoms with Crippen molar-refractivity contribution in [2.24, 2.45) is 0 Å². The van der Waals surface area contributed by atoms with Gasteiger partial charge in [0.05, 0.1) is 17.4 Å². The van der Waals surface area contributed by atoms with Gasteiger partial charge in [-0.3, -0.25) is 0 Å². The summed E-state index contributed by atoms with van der Waals surface area (Å²) in [5.41, 5.74) is 1.08. The first-order valence-electron chi connectivity index (χ1n) is 6.89. The van der Waals surface area contributed by atoms with Gasteiger partial charge in [-0.15, -0.1) is 0 Å². The topological polar surface area (TPSA) is 69.7 Å². The van der Waals surface area contributed by atoms with E-state index >= 15 is 0 Å². The van der Waals surface area contributed by atoms with Gasteiger partial charge in [0.15, 0.2) is 9.84 Å². The van der Waals surface area contributed by atoms with Crippen LogP contribution in [0.2, 0.25) is 0 Å². The molecular formula is C15H20O5S. The number of hydrogen-bond donors (Lipinski definition) is 0. The lowest BCUT2D eigenvalue weighted by Crippen LogP contribution is -2.27. The first kappa shape index (κ1) is 16.0. The number of ether oxygens (including phenoxy) is 2. The summed E-state index contributed by atoms with van der Waals surface area (Å²) in [6.45, 7) is 0. The molecule has 1 aromatic carbocycles. The molecule has 6 heteroatoms. The summed E-state index contributed by atoms with van der Waals surface area (Å²) in [5, 5.41) is 0. The number of carbonyl (C=O) groups excluding carboxylic acids is 1. The van der Waals surface area contributed by atoms with E-state index in [1.165, 1.54) is 6.26 Å². The van der Waals surface area contributed by atoms with Crippen LogP contribution in [-0.2, 0) is 25.1 Å². The number of benzene rings is 1. The number of rotatable bonds is 5. The van der Waals surface area contributed by atoms with E-state index in [0.29, 0.717) is 11.1 Å². The van der Waals surface area contributed by atoms with Crippen LogP contribution in [0.3, 0.4) is 0 Å². The molecule has 0 unspecified atom stereocenters. The van der Waals surface area contributed by atoms with Gasteiger partial charge in [-0.05, 0) is 37.0 Å². The van der Waals surface area contributed by atoms with Gasteiger partial charge in [0.25, 0.3) is 0 Å². The van der Waals surface area contributed by atoms with Gasteiger partial charge in [0, 0.05) is 13.4 Å². The highest BCUT2D eigenvalue weighted by molar-refractivity contribution is 7.89. The second-order valence-electron chi connectivity index (χ2n) is 5.42. The molecular weight excluding hydrogens is 292 g/mol. The molecule has 2 rings (SSSR count). The van der Waals surface area contributed by atoms with Gasteiger partial charge in [-0.1, -0.05) is 12.1 Å². The van der Waals surface area contributed by atoms with Crippen LogP contribution in [-0.4, -0.2) is 40.0 Å². The van der Waals surface area contributed by atoms with Crippen molar-refractivity contribution in [1.82, 2.24) is 0 Å². The molecule has 0 aliphatic heterocycles. The largest absolute Gasteiger partial charge is 0.456 e. The number of methoxy groups -OCH3 is 1. The van der Waals surface area contributed by atoms with E-state index in [9.17, 15) is 13.2 Å². The third-order valence-electron chi connectivity index (χ3n) is 3.57. The Morgan fingerprint density at radius 3 is 2.38 bits per heavy atom. The van der Waals surface area contributed by atoms with Gasteiger partial charge in [0.1, 0.15) is 6.10 Å². The fraction of sp³-hybridized carbons (Fsp3) is 0.533. The second kappa shape index (κ2) is 6.58. The summed E-state index contributed by atoms with van der Waals surface area (Å²) in [6.07, 6.45) is 3.67. The lowest BCUT2D eigenvalue weighted by molar-refractivity contribution is -0.0206. The van der Waals surface area contributed by atoms with Crippen molar-refractivity contribution in [3.05, 3.63) is 35.4 Å². The standard InChI is InChI=1S/C15H20O5S/c1-19-13-4-3-5-14(13)20-15(16)12-8-6-11(7-9-12)10-21(2,17)18/h6-9,13-14H,3-5,10H2,1-2H3/t13-,14-/m1/s1. The van der Waals surface area contributed by atoms with Crippen molar-refractivity contribution < 1.29 is 22.7 Å². The van der Waals surface area contributed by atoms with Crippen LogP contribution in [0.15, 0.2) is 24.3 Å². The van der Waals surface area contributed by atoms with Crippen molar-refractivity contribution in [3.63, 3.8) is 0 Å². The van der Waals surface area contributed by atoms with Crippen molar-refractivity contribution in [1.29, 1.82) is 0 Å². The van der Waals surface area contributed by atoms with Crippen molar-refractivity contribution in [2.45, 2.75) is 37.2 Å².